The van der Waals surface area contributed by atoms with Crippen molar-refractivity contribution in [3.8, 4) is 11.8 Å². The number of pyridine rings is 1. The summed E-state index contributed by atoms with van der Waals surface area (Å²) in [4.78, 5) is 16.0. The first-order chi connectivity index (χ1) is 9.31. The molecule has 0 unspecified atom stereocenters. The summed E-state index contributed by atoms with van der Waals surface area (Å²) in [6.07, 6.45) is 6.29. The van der Waals surface area contributed by atoms with Crippen molar-refractivity contribution in [1.29, 1.82) is 0 Å². The largest absolute Gasteiger partial charge is 0.359 e. The summed E-state index contributed by atoms with van der Waals surface area (Å²) in [5.41, 5.74) is 0.613. The van der Waals surface area contributed by atoms with Gasteiger partial charge in [0, 0.05) is 18.2 Å². The molecule has 1 aromatic rings. The number of aromatic nitrogens is 1. The minimum Gasteiger partial charge on any atom is -0.359 e. The second-order valence-corrected chi connectivity index (χ2v) is 5.13. The molecule has 0 spiro atoms. The van der Waals surface area contributed by atoms with Gasteiger partial charge in [0.2, 0.25) is 0 Å². The maximum absolute atomic E-state index is 11.8. The number of nitrogens with zero attached hydrogens (tertiary/aromatic N) is 1. The highest BCUT2D eigenvalue weighted by atomic mass is 16.1. The van der Waals surface area contributed by atoms with E-state index in [4.69, 9.17) is 0 Å². The molecule has 0 bridgehead atoms. The van der Waals surface area contributed by atoms with Crippen LogP contribution < -0.4 is 10.6 Å². The van der Waals surface area contributed by atoms with Crippen LogP contribution in [0.25, 0.3) is 0 Å². The molecule has 0 aromatic carbocycles. The lowest BCUT2D eigenvalue weighted by atomic mass is 10.2. The van der Waals surface area contributed by atoms with E-state index < -0.39 is 0 Å². The molecule has 4 nitrogen and oxygen atoms in total. The summed E-state index contributed by atoms with van der Waals surface area (Å²) in [6, 6.07) is 3.99. The van der Waals surface area contributed by atoms with E-state index in [-0.39, 0.29) is 5.91 Å². The van der Waals surface area contributed by atoms with E-state index in [1.807, 2.05) is 6.07 Å². The second kappa shape index (κ2) is 5.31. The van der Waals surface area contributed by atoms with Gasteiger partial charge >= 0.3 is 0 Å². The van der Waals surface area contributed by atoms with Gasteiger partial charge in [0.05, 0.1) is 12.1 Å². The molecule has 2 fully saturated rings. The molecule has 0 aliphatic heterocycles. The molecule has 1 heterocycles. The van der Waals surface area contributed by atoms with E-state index >= 15 is 0 Å². The van der Waals surface area contributed by atoms with Crippen LogP contribution in [-0.2, 0) is 0 Å². The van der Waals surface area contributed by atoms with Crippen LogP contribution in [0.3, 0.4) is 0 Å². The van der Waals surface area contributed by atoms with Crippen molar-refractivity contribution in [2.75, 3.05) is 11.9 Å². The molecule has 0 radical (unpaired) electrons. The van der Waals surface area contributed by atoms with Crippen LogP contribution in [0.4, 0.5) is 5.82 Å². The minimum atomic E-state index is -0.0323. The normalized spacial score (nSPS) is 17.3. The Balaban J connectivity index is 1.49. The maximum Gasteiger partial charge on any atom is 0.253 e. The Morgan fingerprint density at radius 2 is 2.16 bits per heavy atom. The summed E-state index contributed by atoms with van der Waals surface area (Å²) in [6.45, 7) is 0.608. The summed E-state index contributed by atoms with van der Waals surface area (Å²) >= 11 is 0. The first-order valence-corrected chi connectivity index (χ1v) is 6.80. The van der Waals surface area contributed by atoms with Gasteiger partial charge in [-0.3, -0.25) is 4.79 Å². The second-order valence-electron chi connectivity index (χ2n) is 5.13. The van der Waals surface area contributed by atoms with Crippen molar-refractivity contribution < 1.29 is 4.79 Å². The maximum atomic E-state index is 11.8. The number of hydrogen-bond acceptors (Lipinski definition) is 3. The van der Waals surface area contributed by atoms with Crippen LogP contribution in [0.15, 0.2) is 18.3 Å². The van der Waals surface area contributed by atoms with E-state index in [1.165, 1.54) is 12.8 Å². The first kappa shape index (κ1) is 12.0. The average molecular weight is 255 g/mol. The molecular formula is C15H17N3O. The van der Waals surface area contributed by atoms with E-state index in [1.54, 1.807) is 12.3 Å². The number of carbonyl (C=O) groups excluding carboxylic acids is 1. The highest BCUT2D eigenvalue weighted by Crippen LogP contribution is 2.27. The molecule has 1 aromatic heterocycles. The fourth-order valence-electron chi connectivity index (χ4n) is 1.69. The van der Waals surface area contributed by atoms with Gasteiger partial charge in [-0.1, -0.05) is 11.8 Å². The Labute approximate surface area is 113 Å². The predicted octanol–water partition coefficient (Wildman–Crippen LogP) is 1.80. The summed E-state index contributed by atoms with van der Waals surface area (Å²) in [7, 11) is 0. The van der Waals surface area contributed by atoms with Gasteiger partial charge in [0.1, 0.15) is 5.82 Å². The van der Waals surface area contributed by atoms with E-state index in [9.17, 15) is 4.79 Å². The van der Waals surface area contributed by atoms with Crippen molar-refractivity contribution in [2.24, 2.45) is 5.92 Å². The Hall–Kier alpha value is -2.02. The van der Waals surface area contributed by atoms with Gasteiger partial charge in [0.15, 0.2) is 0 Å². The summed E-state index contributed by atoms with van der Waals surface area (Å²) < 4.78 is 0. The average Bonchev–Trinajstić information content (AvgIpc) is 3.30. The zero-order valence-corrected chi connectivity index (χ0v) is 10.8. The third-order valence-electron chi connectivity index (χ3n) is 3.18. The number of anilines is 1. The van der Waals surface area contributed by atoms with Gasteiger partial charge in [-0.05, 0) is 37.8 Å². The number of amides is 1. The zero-order chi connectivity index (χ0) is 13.1. The zero-order valence-electron chi connectivity index (χ0n) is 10.8. The Morgan fingerprint density at radius 1 is 1.32 bits per heavy atom. The quantitative estimate of drug-likeness (QED) is 0.807. The molecule has 1 amide bonds. The monoisotopic (exact) mass is 255 g/mol. The van der Waals surface area contributed by atoms with Crippen molar-refractivity contribution in [2.45, 2.75) is 31.7 Å². The van der Waals surface area contributed by atoms with Crippen molar-refractivity contribution in [1.82, 2.24) is 10.3 Å². The molecule has 0 saturated heterocycles. The van der Waals surface area contributed by atoms with Crippen molar-refractivity contribution in [3.63, 3.8) is 0 Å². The molecule has 3 rings (SSSR count). The molecule has 2 saturated carbocycles. The highest BCUT2D eigenvalue weighted by molar-refractivity contribution is 5.94. The van der Waals surface area contributed by atoms with Crippen molar-refractivity contribution >= 4 is 11.7 Å². The molecule has 2 N–H and O–H groups in total. The molecular weight excluding hydrogens is 238 g/mol. The number of nitrogens with one attached hydrogen (secondary N) is 2. The van der Waals surface area contributed by atoms with Crippen LogP contribution in [0.5, 0.6) is 0 Å². The van der Waals surface area contributed by atoms with Gasteiger partial charge in [0.25, 0.3) is 5.91 Å². The third-order valence-corrected chi connectivity index (χ3v) is 3.18. The molecule has 98 valence electrons. The van der Waals surface area contributed by atoms with E-state index in [2.05, 4.69) is 27.5 Å². The lowest BCUT2D eigenvalue weighted by molar-refractivity contribution is 0.0951. The Morgan fingerprint density at radius 3 is 2.79 bits per heavy atom. The topological polar surface area (TPSA) is 54.0 Å². The smallest absolute Gasteiger partial charge is 0.253 e. The van der Waals surface area contributed by atoms with Crippen LogP contribution in [0.2, 0.25) is 0 Å². The highest BCUT2D eigenvalue weighted by Gasteiger charge is 2.23. The SMILES string of the molecule is O=C(NC1CC1)c1ccc(NCC#CC2CC2)nc1. The minimum absolute atomic E-state index is 0.0323. The third kappa shape index (κ3) is 3.72. The summed E-state index contributed by atoms with van der Waals surface area (Å²) in [5, 5.41) is 6.07. The first-order valence-electron chi connectivity index (χ1n) is 6.80. The van der Waals surface area contributed by atoms with Crippen molar-refractivity contribution in [3.05, 3.63) is 23.9 Å². The molecule has 2 aliphatic carbocycles. The Bertz CT molecular complexity index is 519. The molecule has 0 atom stereocenters. The summed E-state index contributed by atoms with van der Waals surface area (Å²) in [5.74, 6) is 7.62. The standard InChI is InChI=1S/C15H17N3O/c19-15(18-13-6-7-13)12-5-8-14(17-10-12)16-9-1-2-11-3-4-11/h5,8,10-11,13H,3-4,6-7,9H2,(H,16,17)(H,18,19). The van der Waals surface area contributed by atoms with E-state index in [0.29, 0.717) is 24.1 Å². The van der Waals surface area contributed by atoms with Crippen LogP contribution in [0.1, 0.15) is 36.0 Å². The lowest BCUT2D eigenvalue weighted by Crippen LogP contribution is -2.25. The van der Waals surface area contributed by atoms with Gasteiger partial charge in [-0.25, -0.2) is 4.98 Å². The molecule has 19 heavy (non-hydrogen) atoms. The van der Waals surface area contributed by atoms with Gasteiger partial charge in [-0.15, -0.1) is 0 Å². The fraction of sp³-hybridized carbons (Fsp3) is 0.467. The van der Waals surface area contributed by atoms with Crippen LogP contribution in [0, 0.1) is 17.8 Å². The molecule has 4 heteroatoms. The fourth-order valence-corrected chi connectivity index (χ4v) is 1.69. The molecule has 2 aliphatic rings. The van der Waals surface area contributed by atoms with Crippen LogP contribution in [-0.4, -0.2) is 23.5 Å². The predicted molar refractivity (Wildman–Crippen MR) is 73.7 cm³/mol. The number of carbonyl (C=O) groups is 1. The van der Waals surface area contributed by atoms with Gasteiger partial charge < -0.3 is 10.6 Å². The lowest BCUT2D eigenvalue weighted by Gasteiger charge is -2.04. The Kier molecular flexibility index (Phi) is 3.37. The van der Waals surface area contributed by atoms with E-state index in [0.717, 1.165) is 18.7 Å². The number of rotatable bonds is 4. The van der Waals surface area contributed by atoms with Crippen LogP contribution >= 0.6 is 0 Å². The number of hydrogen-bond donors (Lipinski definition) is 2. The van der Waals surface area contributed by atoms with Gasteiger partial charge in [-0.2, -0.15) is 0 Å².